The van der Waals surface area contributed by atoms with Gasteiger partial charge in [0.05, 0.1) is 29.2 Å². The Morgan fingerprint density at radius 2 is 1.77 bits per heavy atom. The molecule has 1 saturated heterocycles. The van der Waals surface area contributed by atoms with E-state index >= 15 is 0 Å². The van der Waals surface area contributed by atoms with E-state index < -0.39 is 17.7 Å². The molecule has 2 heterocycles. The lowest BCUT2D eigenvalue weighted by atomic mass is 10.0. The molecule has 1 aliphatic heterocycles. The molecular formula is C19H18O6S. The van der Waals surface area contributed by atoms with Gasteiger partial charge in [0, 0.05) is 11.3 Å². The molecule has 136 valence electrons. The lowest BCUT2D eigenvalue weighted by Gasteiger charge is -2.24. The van der Waals surface area contributed by atoms with Gasteiger partial charge in [0.25, 0.3) is 0 Å². The number of thiophene rings is 1. The Bertz CT molecular complexity index is 861. The molecule has 0 spiro atoms. The molecule has 7 heteroatoms. The van der Waals surface area contributed by atoms with Crippen molar-refractivity contribution in [2.45, 2.75) is 19.1 Å². The van der Waals surface area contributed by atoms with E-state index in [-0.39, 0.29) is 11.1 Å². The summed E-state index contributed by atoms with van der Waals surface area (Å²) in [7, 11) is 0. The third-order valence-electron chi connectivity index (χ3n) is 4.17. The molecule has 6 nitrogen and oxygen atoms in total. The highest BCUT2D eigenvalue weighted by molar-refractivity contribution is 7.13. The monoisotopic (exact) mass is 374 g/mol. The summed E-state index contributed by atoms with van der Waals surface area (Å²) in [4.78, 5) is 24.3. The number of carboxylic acids is 2. The molecule has 0 saturated carbocycles. The van der Waals surface area contributed by atoms with Crippen LogP contribution in [0.1, 0.15) is 49.4 Å². The molecule has 0 unspecified atom stereocenters. The van der Waals surface area contributed by atoms with Crippen LogP contribution in [0.2, 0.25) is 0 Å². The van der Waals surface area contributed by atoms with Crippen molar-refractivity contribution >= 4 is 35.4 Å². The van der Waals surface area contributed by atoms with Crippen LogP contribution in [0.25, 0.3) is 12.2 Å². The lowest BCUT2D eigenvalue weighted by Crippen LogP contribution is -2.24. The predicted octanol–water partition coefficient (Wildman–Crippen LogP) is 3.92. The molecule has 3 rings (SSSR count). The number of benzene rings is 1. The minimum absolute atomic E-state index is 0.228. The zero-order valence-corrected chi connectivity index (χ0v) is 14.9. The fourth-order valence-electron chi connectivity index (χ4n) is 2.83. The van der Waals surface area contributed by atoms with Crippen molar-refractivity contribution in [2.75, 3.05) is 13.2 Å². The SMILES string of the molecule is CCC1(c2ccc(C=Cc3ccc(C(=O)O)c(C(=O)O)c3)s2)OCCO1. The van der Waals surface area contributed by atoms with Crippen LogP contribution in [0.5, 0.6) is 0 Å². The number of rotatable bonds is 6. The summed E-state index contributed by atoms with van der Waals surface area (Å²) in [5, 5.41) is 18.3. The third kappa shape index (κ3) is 3.55. The van der Waals surface area contributed by atoms with Gasteiger partial charge in [-0.25, -0.2) is 9.59 Å². The average molecular weight is 374 g/mol. The number of carboxylic acid groups (broad SMARTS) is 2. The largest absolute Gasteiger partial charge is 0.478 e. The van der Waals surface area contributed by atoms with E-state index in [4.69, 9.17) is 14.6 Å². The molecule has 0 bridgehead atoms. The van der Waals surface area contributed by atoms with Gasteiger partial charge in [-0.2, -0.15) is 0 Å². The van der Waals surface area contributed by atoms with Gasteiger partial charge < -0.3 is 19.7 Å². The quantitative estimate of drug-likeness (QED) is 0.796. The zero-order chi connectivity index (χ0) is 18.7. The summed E-state index contributed by atoms with van der Waals surface area (Å²) >= 11 is 1.54. The Kier molecular flexibility index (Phi) is 5.22. The van der Waals surface area contributed by atoms with Gasteiger partial charge in [0.2, 0.25) is 5.79 Å². The Hall–Kier alpha value is -2.48. The van der Waals surface area contributed by atoms with Crippen molar-refractivity contribution in [3.63, 3.8) is 0 Å². The fourth-order valence-corrected chi connectivity index (χ4v) is 3.91. The van der Waals surface area contributed by atoms with Crippen LogP contribution in [0.4, 0.5) is 0 Å². The first-order valence-electron chi connectivity index (χ1n) is 8.12. The van der Waals surface area contributed by atoms with Crippen LogP contribution in [-0.2, 0) is 15.3 Å². The van der Waals surface area contributed by atoms with Gasteiger partial charge in [0.1, 0.15) is 0 Å². The first-order valence-corrected chi connectivity index (χ1v) is 8.94. The molecule has 2 aromatic rings. The highest BCUT2D eigenvalue weighted by Gasteiger charge is 2.37. The smallest absolute Gasteiger partial charge is 0.336 e. The Balaban J connectivity index is 1.84. The first-order chi connectivity index (χ1) is 12.4. The van der Waals surface area contributed by atoms with Crippen LogP contribution < -0.4 is 0 Å². The Labute approximate surface area is 154 Å². The summed E-state index contributed by atoms with van der Waals surface area (Å²) in [5.74, 6) is -3.20. The van der Waals surface area contributed by atoms with E-state index in [1.54, 1.807) is 23.5 Å². The standard InChI is InChI=1S/C19H18O6S/c1-2-19(24-9-10-25-19)16-8-6-13(26-16)5-3-12-4-7-14(17(20)21)15(11-12)18(22)23/h3-8,11H,2,9-10H2,1H3,(H,20,21)(H,22,23). The summed E-state index contributed by atoms with van der Waals surface area (Å²) < 4.78 is 11.5. The highest BCUT2D eigenvalue weighted by Crippen LogP contribution is 2.39. The summed E-state index contributed by atoms with van der Waals surface area (Å²) in [6.07, 6.45) is 4.33. The molecule has 1 fully saturated rings. The van der Waals surface area contributed by atoms with Crippen LogP contribution in [0, 0.1) is 0 Å². The van der Waals surface area contributed by atoms with Crippen molar-refractivity contribution in [1.29, 1.82) is 0 Å². The predicted molar refractivity (Wildman–Crippen MR) is 97.5 cm³/mol. The van der Waals surface area contributed by atoms with Gasteiger partial charge in [-0.1, -0.05) is 19.1 Å². The van der Waals surface area contributed by atoms with E-state index in [9.17, 15) is 14.7 Å². The molecule has 0 atom stereocenters. The maximum atomic E-state index is 11.3. The van der Waals surface area contributed by atoms with E-state index in [0.717, 1.165) is 16.2 Å². The Morgan fingerprint density at radius 1 is 1.08 bits per heavy atom. The van der Waals surface area contributed by atoms with E-state index in [0.29, 0.717) is 18.8 Å². The number of hydrogen-bond acceptors (Lipinski definition) is 5. The molecule has 0 radical (unpaired) electrons. The van der Waals surface area contributed by atoms with Gasteiger partial charge in [-0.05, 0) is 35.9 Å². The van der Waals surface area contributed by atoms with Crippen LogP contribution in [0.15, 0.2) is 30.3 Å². The van der Waals surface area contributed by atoms with Crippen molar-refractivity contribution in [3.05, 3.63) is 56.8 Å². The molecule has 0 amide bonds. The number of ether oxygens (including phenoxy) is 2. The molecule has 2 N–H and O–H groups in total. The summed E-state index contributed by atoms with van der Waals surface area (Å²) in [6, 6.07) is 8.15. The van der Waals surface area contributed by atoms with Gasteiger partial charge >= 0.3 is 11.9 Å². The topological polar surface area (TPSA) is 93.1 Å². The molecule has 1 aromatic heterocycles. The van der Waals surface area contributed by atoms with Crippen LogP contribution in [0.3, 0.4) is 0 Å². The normalized spacial score (nSPS) is 16.2. The van der Waals surface area contributed by atoms with Gasteiger partial charge in [0.15, 0.2) is 0 Å². The molecule has 1 aliphatic rings. The second-order valence-corrected chi connectivity index (χ2v) is 6.87. The highest BCUT2D eigenvalue weighted by atomic mass is 32.1. The molecule has 26 heavy (non-hydrogen) atoms. The zero-order valence-electron chi connectivity index (χ0n) is 14.1. The summed E-state index contributed by atoms with van der Waals surface area (Å²) in [5.41, 5.74) is 0.151. The maximum absolute atomic E-state index is 11.3. The van der Waals surface area contributed by atoms with E-state index in [1.165, 1.54) is 12.1 Å². The number of carbonyl (C=O) groups is 2. The van der Waals surface area contributed by atoms with E-state index in [2.05, 4.69) is 0 Å². The summed E-state index contributed by atoms with van der Waals surface area (Å²) in [6.45, 7) is 3.16. The van der Waals surface area contributed by atoms with Crippen LogP contribution >= 0.6 is 11.3 Å². The van der Waals surface area contributed by atoms with Crippen molar-refractivity contribution < 1.29 is 29.3 Å². The molecular weight excluding hydrogens is 356 g/mol. The third-order valence-corrected chi connectivity index (χ3v) is 5.34. The fraction of sp³-hybridized carbons (Fsp3) is 0.263. The van der Waals surface area contributed by atoms with Crippen molar-refractivity contribution in [2.24, 2.45) is 0 Å². The second kappa shape index (κ2) is 7.41. The molecule has 1 aromatic carbocycles. The maximum Gasteiger partial charge on any atom is 0.336 e. The minimum Gasteiger partial charge on any atom is -0.478 e. The van der Waals surface area contributed by atoms with Crippen molar-refractivity contribution in [3.8, 4) is 0 Å². The second-order valence-electron chi connectivity index (χ2n) is 5.75. The minimum atomic E-state index is -1.27. The Morgan fingerprint density at radius 3 is 2.38 bits per heavy atom. The molecule has 0 aliphatic carbocycles. The van der Waals surface area contributed by atoms with Crippen LogP contribution in [-0.4, -0.2) is 35.4 Å². The van der Waals surface area contributed by atoms with E-state index in [1.807, 2.05) is 25.1 Å². The average Bonchev–Trinajstić information content (AvgIpc) is 3.29. The lowest BCUT2D eigenvalue weighted by molar-refractivity contribution is -0.164. The van der Waals surface area contributed by atoms with Gasteiger partial charge in [-0.15, -0.1) is 11.3 Å². The van der Waals surface area contributed by atoms with Gasteiger partial charge in [-0.3, -0.25) is 0 Å². The van der Waals surface area contributed by atoms with Crippen molar-refractivity contribution in [1.82, 2.24) is 0 Å². The number of hydrogen-bond donors (Lipinski definition) is 2. The number of aromatic carboxylic acids is 2. The first kappa shape index (κ1) is 18.3.